The first-order chi connectivity index (χ1) is 15.9. The molecule has 0 radical (unpaired) electrons. The topological polar surface area (TPSA) is 112 Å². The van der Waals surface area contributed by atoms with Crippen LogP contribution in [0.5, 0.6) is 0 Å². The first kappa shape index (κ1) is 24.5. The van der Waals surface area contributed by atoms with E-state index in [4.69, 9.17) is 9.47 Å². The summed E-state index contributed by atoms with van der Waals surface area (Å²) in [6.07, 6.45) is 0. The van der Waals surface area contributed by atoms with Crippen LogP contribution < -0.4 is 5.32 Å². The van der Waals surface area contributed by atoms with E-state index in [0.29, 0.717) is 17.5 Å². The minimum absolute atomic E-state index is 0.0501. The van der Waals surface area contributed by atoms with Crippen molar-refractivity contribution in [1.82, 2.24) is 14.8 Å². The Kier molecular flexibility index (Phi) is 8.23. The van der Waals surface area contributed by atoms with Gasteiger partial charge in [-0.25, -0.2) is 9.59 Å². The lowest BCUT2D eigenvalue weighted by Gasteiger charge is -2.10. The van der Waals surface area contributed by atoms with Crippen LogP contribution in [0.1, 0.15) is 27.6 Å². The molecule has 9 nitrogen and oxygen atoms in total. The first-order valence-electron chi connectivity index (χ1n) is 9.79. The summed E-state index contributed by atoms with van der Waals surface area (Å²) in [6.45, 7) is 2.61. The van der Waals surface area contributed by atoms with Crippen LogP contribution in [0.3, 0.4) is 0 Å². The molecule has 3 aromatic rings. The molecule has 172 valence electrons. The van der Waals surface area contributed by atoms with Crippen molar-refractivity contribution in [3.8, 4) is 11.4 Å². The van der Waals surface area contributed by atoms with Crippen LogP contribution in [0.2, 0.25) is 0 Å². The highest BCUT2D eigenvalue weighted by Gasteiger charge is 2.17. The predicted molar refractivity (Wildman–Crippen MR) is 127 cm³/mol. The highest BCUT2D eigenvalue weighted by molar-refractivity contribution is 9.10. The van der Waals surface area contributed by atoms with E-state index in [-0.39, 0.29) is 28.5 Å². The number of amides is 1. The zero-order valence-corrected chi connectivity index (χ0v) is 20.5. The van der Waals surface area contributed by atoms with E-state index in [9.17, 15) is 14.4 Å². The van der Waals surface area contributed by atoms with E-state index < -0.39 is 11.9 Å². The molecule has 1 amide bonds. The number of anilines is 1. The summed E-state index contributed by atoms with van der Waals surface area (Å²) >= 11 is 4.65. The summed E-state index contributed by atoms with van der Waals surface area (Å²) in [5.74, 6) is -0.853. The van der Waals surface area contributed by atoms with Crippen molar-refractivity contribution < 1.29 is 23.9 Å². The molecule has 0 spiro atoms. The van der Waals surface area contributed by atoms with Gasteiger partial charge >= 0.3 is 11.9 Å². The normalized spacial score (nSPS) is 10.5. The Balaban J connectivity index is 1.74. The van der Waals surface area contributed by atoms with Crippen molar-refractivity contribution in [3.63, 3.8) is 0 Å². The highest BCUT2D eigenvalue weighted by atomic mass is 79.9. The summed E-state index contributed by atoms with van der Waals surface area (Å²) in [5.41, 5.74) is 1.43. The van der Waals surface area contributed by atoms with Crippen molar-refractivity contribution in [1.29, 1.82) is 0 Å². The standard InChI is InChI=1S/C22H21BrN4O5S/c1-4-27-19(13-5-7-16(23)8-6-13)25-26-22(27)33-12-18(28)24-17-10-14(20(29)31-2)9-15(11-17)21(30)32-3/h5-11H,4,12H2,1-3H3,(H,24,28). The maximum atomic E-state index is 12.6. The fourth-order valence-electron chi connectivity index (χ4n) is 2.99. The van der Waals surface area contributed by atoms with Crippen LogP contribution in [-0.2, 0) is 20.8 Å². The van der Waals surface area contributed by atoms with E-state index in [0.717, 1.165) is 10.0 Å². The Morgan fingerprint density at radius 3 is 2.15 bits per heavy atom. The molecule has 0 atom stereocenters. The number of rotatable bonds is 8. The molecule has 33 heavy (non-hydrogen) atoms. The molecular weight excluding hydrogens is 512 g/mol. The zero-order valence-electron chi connectivity index (χ0n) is 18.1. The summed E-state index contributed by atoms with van der Waals surface area (Å²) in [5, 5.41) is 11.8. The van der Waals surface area contributed by atoms with Gasteiger partial charge in [0.25, 0.3) is 0 Å². The lowest BCUT2D eigenvalue weighted by Crippen LogP contribution is -2.16. The number of carbonyl (C=O) groups excluding carboxylic acids is 3. The number of hydrogen-bond acceptors (Lipinski definition) is 8. The van der Waals surface area contributed by atoms with Gasteiger partial charge in [-0.2, -0.15) is 0 Å². The minimum atomic E-state index is -0.637. The van der Waals surface area contributed by atoms with Crippen molar-refractivity contribution in [3.05, 3.63) is 58.1 Å². The van der Waals surface area contributed by atoms with Gasteiger partial charge in [0, 0.05) is 22.3 Å². The molecule has 1 aromatic heterocycles. The molecule has 11 heteroatoms. The fourth-order valence-corrected chi connectivity index (χ4v) is 4.06. The smallest absolute Gasteiger partial charge is 0.337 e. The third kappa shape index (κ3) is 5.99. The molecule has 1 N–H and O–H groups in total. The summed E-state index contributed by atoms with van der Waals surface area (Å²) in [6, 6.07) is 11.9. The van der Waals surface area contributed by atoms with Crippen molar-refractivity contribution in [2.24, 2.45) is 0 Å². The molecule has 3 rings (SSSR count). The number of carbonyl (C=O) groups is 3. The predicted octanol–water partition coefficient (Wildman–Crippen LogP) is 4.03. The minimum Gasteiger partial charge on any atom is -0.465 e. The van der Waals surface area contributed by atoms with Crippen molar-refractivity contribution in [2.45, 2.75) is 18.6 Å². The number of nitrogens with one attached hydrogen (secondary N) is 1. The summed E-state index contributed by atoms with van der Waals surface area (Å²) < 4.78 is 12.3. The second kappa shape index (κ2) is 11.1. The van der Waals surface area contributed by atoms with E-state index in [2.05, 4.69) is 31.4 Å². The molecule has 0 saturated heterocycles. The molecule has 0 saturated carbocycles. The number of halogens is 1. The van der Waals surface area contributed by atoms with Gasteiger partial charge in [0.05, 0.1) is 31.1 Å². The Labute approximate surface area is 203 Å². The molecule has 0 unspecified atom stereocenters. The van der Waals surface area contributed by atoms with Crippen LogP contribution in [0, 0.1) is 0 Å². The number of methoxy groups -OCH3 is 2. The third-order valence-corrected chi connectivity index (χ3v) is 6.02. The maximum Gasteiger partial charge on any atom is 0.337 e. The average Bonchev–Trinajstić information content (AvgIpc) is 3.24. The number of ether oxygens (including phenoxy) is 2. The summed E-state index contributed by atoms with van der Waals surface area (Å²) in [7, 11) is 2.46. The lowest BCUT2D eigenvalue weighted by atomic mass is 10.1. The monoisotopic (exact) mass is 532 g/mol. The second-order valence-corrected chi connectivity index (χ2v) is 8.53. The van der Waals surface area contributed by atoms with Gasteiger partial charge in [0.1, 0.15) is 0 Å². The fraction of sp³-hybridized carbons (Fsp3) is 0.227. The second-order valence-electron chi connectivity index (χ2n) is 6.68. The SMILES string of the molecule is CCn1c(SCC(=O)Nc2cc(C(=O)OC)cc(C(=O)OC)c2)nnc1-c1ccc(Br)cc1. The van der Waals surface area contributed by atoms with Gasteiger partial charge < -0.3 is 19.4 Å². The van der Waals surface area contributed by atoms with Crippen molar-refractivity contribution >= 4 is 51.2 Å². The first-order valence-corrected chi connectivity index (χ1v) is 11.6. The van der Waals surface area contributed by atoms with Gasteiger partial charge in [0.15, 0.2) is 11.0 Å². The third-order valence-electron chi connectivity index (χ3n) is 4.53. The molecule has 0 aliphatic carbocycles. The number of aromatic nitrogens is 3. The van der Waals surface area contributed by atoms with Crippen LogP contribution in [0.15, 0.2) is 52.1 Å². The quantitative estimate of drug-likeness (QED) is 0.341. The van der Waals surface area contributed by atoms with Crippen LogP contribution in [0.4, 0.5) is 5.69 Å². The zero-order chi connectivity index (χ0) is 24.0. The van der Waals surface area contributed by atoms with Gasteiger partial charge in [-0.3, -0.25) is 4.79 Å². The van der Waals surface area contributed by atoms with Crippen molar-refractivity contribution in [2.75, 3.05) is 25.3 Å². The number of hydrogen-bond donors (Lipinski definition) is 1. The Bertz CT molecular complexity index is 1150. The largest absolute Gasteiger partial charge is 0.465 e. The van der Waals surface area contributed by atoms with E-state index in [1.54, 1.807) is 0 Å². The van der Waals surface area contributed by atoms with Gasteiger partial charge in [-0.15, -0.1) is 10.2 Å². The maximum absolute atomic E-state index is 12.6. The molecule has 0 aliphatic heterocycles. The molecule has 2 aromatic carbocycles. The van der Waals surface area contributed by atoms with Gasteiger partial charge in [0.2, 0.25) is 5.91 Å². The summed E-state index contributed by atoms with van der Waals surface area (Å²) in [4.78, 5) is 36.4. The number of esters is 2. The van der Waals surface area contributed by atoms with Crippen LogP contribution in [-0.4, -0.2) is 52.6 Å². The Hall–Kier alpha value is -3.18. The number of nitrogens with zero attached hydrogens (tertiary/aromatic N) is 3. The lowest BCUT2D eigenvalue weighted by molar-refractivity contribution is -0.113. The molecule has 0 aliphatic rings. The van der Waals surface area contributed by atoms with E-state index in [1.807, 2.05) is 35.8 Å². The van der Waals surface area contributed by atoms with E-state index >= 15 is 0 Å². The molecule has 1 heterocycles. The van der Waals surface area contributed by atoms with Crippen LogP contribution >= 0.6 is 27.7 Å². The van der Waals surface area contributed by atoms with Gasteiger partial charge in [-0.05, 0) is 37.3 Å². The molecule has 0 fully saturated rings. The van der Waals surface area contributed by atoms with E-state index in [1.165, 1.54) is 44.2 Å². The number of thioether (sulfide) groups is 1. The molecular formula is C22H21BrN4O5S. The average molecular weight is 533 g/mol. The number of benzene rings is 2. The Morgan fingerprint density at radius 2 is 1.61 bits per heavy atom. The highest BCUT2D eigenvalue weighted by Crippen LogP contribution is 2.25. The van der Waals surface area contributed by atoms with Crippen LogP contribution in [0.25, 0.3) is 11.4 Å². The Morgan fingerprint density at radius 1 is 1.00 bits per heavy atom. The van der Waals surface area contributed by atoms with Gasteiger partial charge in [-0.1, -0.05) is 39.8 Å². The molecule has 0 bridgehead atoms.